The van der Waals surface area contributed by atoms with Crippen molar-refractivity contribution in [3.63, 3.8) is 0 Å². The molecule has 128 valence electrons. The van der Waals surface area contributed by atoms with Crippen molar-refractivity contribution in [3.8, 4) is 0 Å². The average Bonchev–Trinajstić information content (AvgIpc) is 2.43. The highest BCUT2D eigenvalue weighted by Gasteiger charge is 2.33. The molecule has 0 spiro atoms. The van der Waals surface area contributed by atoms with Crippen LogP contribution in [0.1, 0.15) is 37.6 Å². The molecular formula is C17H26ClN3O2. The van der Waals surface area contributed by atoms with Gasteiger partial charge in [-0.15, -0.1) is 12.4 Å². The first-order valence-corrected chi connectivity index (χ1v) is 7.67. The summed E-state index contributed by atoms with van der Waals surface area (Å²) >= 11 is 0. The number of nitrogens with two attached hydrogens (primary N) is 1. The number of nitrogens with zero attached hydrogens (tertiary/aromatic N) is 1. The molecule has 1 atom stereocenters. The van der Waals surface area contributed by atoms with Gasteiger partial charge in [-0.1, -0.05) is 26.0 Å². The van der Waals surface area contributed by atoms with E-state index in [2.05, 4.69) is 24.1 Å². The number of anilines is 1. The van der Waals surface area contributed by atoms with Gasteiger partial charge in [-0.05, 0) is 30.9 Å². The third-order valence-electron chi connectivity index (χ3n) is 4.34. The molecule has 1 aliphatic rings. The minimum absolute atomic E-state index is 0. The zero-order chi connectivity index (χ0) is 16.3. The van der Waals surface area contributed by atoms with Crippen LogP contribution in [0.15, 0.2) is 24.3 Å². The van der Waals surface area contributed by atoms with Crippen LogP contribution in [0.4, 0.5) is 5.69 Å². The second-order valence-electron chi connectivity index (χ2n) is 6.74. The molecule has 1 amide bonds. The molecule has 23 heavy (non-hydrogen) atoms. The van der Waals surface area contributed by atoms with Crippen molar-refractivity contribution in [2.75, 3.05) is 25.0 Å². The van der Waals surface area contributed by atoms with E-state index in [-0.39, 0.29) is 35.6 Å². The second kappa shape index (κ2) is 7.90. The largest absolute Gasteiger partial charge is 0.327 e. The maximum Gasteiger partial charge on any atom is 0.238 e. The fourth-order valence-corrected chi connectivity index (χ4v) is 2.91. The second-order valence-corrected chi connectivity index (χ2v) is 6.74. The number of carbonyl (C=O) groups excluding carboxylic acids is 2. The van der Waals surface area contributed by atoms with E-state index in [1.165, 1.54) is 6.92 Å². The molecule has 0 aliphatic carbocycles. The van der Waals surface area contributed by atoms with Crippen LogP contribution in [0.2, 0.25) is 0 Å². The zero-order valence-electron chi connectivity index (χ0n) is 14.0. The van der Waals surface area contributed by atoms with Crippen molar-refractivity contribution >= 4 is 29.8 Å². The quantitative estimate of drug-likeness (QED) is 0.825. The summed E-state index contributed by atoms with van der Waals surface area (Å²) in [6, 6.07) is 7.25. The van der Waals surface area contributed by atoms with E-state index in [9.17, 15) is 9.59 Å². The molecule has 2 rings (SSSR count). The minimum atomic E-state index is -0.0972. The summed E-state index contributed by atoms with van der Waals surface area (Å²) in [7, 11) is 0. The van der Waals surface area contributed by atoms with Crippen molar-refractivity contribution in [3.05, 3.63) is 29.8 Å². The monoisotopic (exact) mass is 339 g/mol. The Morgan fingerprint density at radius 2 is 2.00 bits per heavy atom. The van der Waals surface area contributed by atoms with Gasteiger partial charge in [0.2, 0.25) is 5.91 Å². The Balaban J connectivity index is 0.00000264. The predicted octanol–water partition coefficient (Wildman–Crippen LogP) is 2.31. The highest BCUT2D eigenvalue weighted by molar-refractivity contribution is 6.04. The van der Waals surface area contributed by atoms with Gasteiger partial charge in [0.1, 0.15) is 0 Å². The fourth-order valence-electron chi connectivity index (χ4n) is 2.91. The molecule has 0 radical (unpaired) electrons. The number of Topliss-reactive ketones (excluding diaryl/α,β-unsaturated/α-hetero) is 1. The normalized spacial score (nSPS) is 20.4. The molecule has 1 unspecified atom stereocenters. The van der Waals surface area contributed by atoms with Gasteiger partial charge in [0.25, 0.3) is 0 Å². The number of halogens is 1. The molecule has 0 saturated carbocycles. The van der Waals surface area contributed by atoms with Crippen molar-refractivity contribution in [2.45, 2.75) is 33.2 Å². The highest BCUT2D eigenvalue weighted by atomic mass is 35.5. The Hall–Kier alpha value is -1.43. The lowest BCUT2D eigenvalue weighted by Gasteiger charge is -2.42. The Labute approximate surface area is 144 Å². The molecule has 1 aromatic carbocycles. The predicted molar refractivity (Wildman–Crippen MR) is 95.1 cm³/mol. The molecule has 3 N–H and O–H groups in total. The number of benzene rings is 1. The van der Waals surface area contributed by atoms with Crippen LogP contribution in [0.25, 0.3) is 0 Å². The van der Waals surface area contributed by atoms with E-state index in [4.69, 9.17) is 5.73 Å². The number of amides is 1. The van der Waals surface area contributed by atoms with E-state index in [0.29, 0.717) is 17.8 Å². The molecule has 5 nitrogen and oxygen atoms in total. The van der Waals surface area contributed by atoms with E-state index < -0.39 is 0 Å². The van der Waals surface area contributed by atoms with Gasteiger partial charge in [-0.2, -0.15) is 0 Å². The van der Waals surface area contributed by atoms with E-state index in [0.717, 1.165) is 19.5 Å². The van der Waals surface area contributed by atoms with Crippen LogP contribution in [0, 0.1) is 5.41 Å². The number of hydrogen-bond donors (Lipinski definition) is 2. The van der Waals surface area contributed by atoms with Gasteiger partial charge >= 0.3 is 0 Å². The Kier molecular flexibility index (Phi) is 6.74. The van der Waals surface area contributed by atoms with Crippen molar-refractivity contribution in [2.24, 2.45) is 11.1 Å². The number of hydrogen-bond acceptors (Lipinski definition) is 4. The van der Waals surface area contributed by atoms with Crippen LogP contribution < -0.4 is 11.1 Å². The van der Waals surface area contributed by atoms with E-state index in [1.54, 1.807) is 18.2 Å². The molecule has 0 aromatic heterocycles. The summed E-state index contributed by atoms with van der Waals surface area (Å²) in [5, 5.41) is 2.85. The van der Waals surface area contributed by atoms with Gasteiger partial charge in [0.15, 0.2) is 5.78 Å². The Morgan fingerprint density at radius 1 is 1.35 bits per heavy atom. The summed E-state index contributed by atoms with van der Waals surface area (Å²) in [5.41, 5.74) is 7.24. The minimum Gasteiger partial charge on any atom is -0.327 e. The standard InChI is InChI=1S/C17H25N3O2.ClH/c1-12(21)13-6-4-5-7-14(13)19-16(22)10-20-9-8-15(18)17(2,3)11-20;/h4-7,15H,8-11,18H2,1-3H3,(H,19,22);1H. The maximum atomic E-state index is 12.3. The van der Waals surface area contributed by atoms with E-state index >= 15 is 0 Å². The lowest BCUT2D eigenvalue weighted by Crippen LogP contribution is -2.53. The first-order chi connectivity index (χ1) is 10.3. The molecular weight excluding hydrogens is 314 g/mol. The summed E-state index contributed by atoms with van der Waals surface area (Å²) in [6.45, 7) is 7.71. The zero-order valence-corrected chi connectivity index (χ0v) is 14.8. The molecule has 0 bridgehead atoms. The first kappa shape index (κ1) is 19.6. The molecule has 1 heterocycles. The number of rotatable bonds is 4. The SMILES string of the molecule is CC(=O)c1ccccc1NC(=O)CN1CCC(N)C(C)(C)C1.Cl. The Morgan fingerprint density at radius 3 is 2.61 bits per heavy atom. The van der Waals surface area contributed by atoms with E-state index in [1.807, 2.05) is 6.07 Å². The number of nitrogens with one attached hydrogen (secondary N) is 1. The number of para-hydroxylation sites is 1. The van der Waals surface area contributed by atoms with Gasteiger partial charge < -0.3 is 11.1 Å². The summed E-state index contributed by atoms with van der Waals surface area (Å²) < 4.78 is 0. The average molecular weight is 340 g/mol. The summed E-state index contributed by atoms with van der Waals surface area (Å²) in [6.07, 6.45) is 0.893. The first-order valence-electron chi connectivity index (χ1n) is 7.67. The number of carbonyl (C=O) groups is 2. The number of ketones is 1. The van der Waals surface area contributed by atoms with Crippen molar-refractivity contribution in [1.29, 1.82) is 0 Å². The third kappa shape index (κ3) is 5.03. The molecule has 1 fully saturated rings. The lowest BCUT2D eigenvalue weighted by molar-refractivity contribution is -0.118. The summed E-state index contributed by atoms with van der Waals surface area (Å²) in [4.78, 5) is 26.0. The van der Waals surface area contributed by atoms with Crippen LogP contribution >= 0.6 is 12.4 Å². The maximum absolute atomic E-state index is 12.3. The third-order valence-corrected chi connectivity index (χ3v) is 4.34. The highest BCUT2D eigenvalue weighted by Crippen LogP contribution is 2.27. The van der Waals surface area contributed by atoms with Gasteiger partial charge in [-0.3, -0.25) is 14.5 Å². The van der Waals surface area contributed by atoms with Crippen LogP contribution in [0.5, 0.6) is 0 Å². The topological polar surface area (TPSA) is 75.4 Å². The van der Waals surface area contributed by atoms with Gasteiger partial charge in [0, 0.05) is 24.7 Å². The molecule has 1 saturated heterocycles. The number of piperidine rings is 1. The Bertz CT molecular complexity index is 575. The van der Waals surface area contributed by atoms with Crippen molar-refractivity contribution < 1.29 is 9.59 Å². The molecule has 6 heteroatoms. The van der Waals surface area contributed by atoms with Gasteiger partial charge in [0.05, 0.1) is 12.2 Å². The summed E-state index contributed by atoms with van der Waals surface area (Å²) in [5.74, 6) is -0.152. The van der Waals surface area contributed by atoms with Crippen LogP contribution in [-0.2, 0) is 4.79 Å². The van der Waals surface area contributed by atoms with Crippen LogP contribution in [-0.4, -0.2) is 42.3 Å². The lowest BCUT2D eigenvalue weighted by atomic mass is 9.80. The van der Waals surface area contributed by atoms with Crippen LogP contribution in [0.3, 0.4) is 0 Å². The smallest absolute Gasteiger partial charge is 0.238 e. The fraction of sp³-hybridized carbons (Fsp3) is 0.529. The molecule has 1 aromatic rings. The van der Waals surface area contributed by atoms with Gasteiger partial charge in [-0.25, -0.2) is 0 Å². The molecule has 1 aliphatic heterocycles. The van der Waals surface area contributed by atoms with Crippen molar-refractivity contribution in [1.82, 2.24) is 4.90 Å². The number of likely N-dealkylation sites (tertiary alicyclic amines) is 1.